The van der Waals surface area contributed by atoms with Gasteiger partial charge < -0.3 is 14.6 Å². The highest BCUT2D eigenvalue weighted by Gasteiger charge is 2.47. The average molecular weight is 389 g/mol. The van der Waals surface area contributed by atoms with Gasteiger partial charge in [0.2, 0.25) is 5.91 Å². The van der Waals surface area contributed by atoms with Crippen LogP contribution in [-0.2, 0) is 30.2 Å². The van der Waals surface area contributed by atoms with Crippen molar-refractivity contribution in [3.8, 4) is 0 Å². The topological polar surface area (TPSA) is 119 Å². The first-order valence-electron chi connectivity index (χ1n) is 9.46. The molecule has 2 fully saturated rings. The van der Waals surface area contributed by atoms with E-state index in [-0.39, 0.29) is 35.6 Å². The van der Waals surface area contributed by atoms with Crippen molar-refractivity contribution in [1.29, 1.82) is 0 Å². The number of amides is 1. The van der Waals surface area contributed by atoms with E-state index in [2.05, 4.69) is 4.98 Å². The summed E-state index contributed by atoms with van der Waals surface area (Å²) < 4.78 is 3.64. The minimum atomic E-state index is -0.989. The smallest absolute Gasteiger partial charge is 0.332 e. The summed E-state index contributed by atoms with van der Waals surface area (Å²) in [6.07, 6.45) is 5.62. The van der Waals surface area contributed by atoms with E-state index in [0.29, 0.717) is 6.42 Å². The highest BCUT2D eigenvalue weighted by molar-refractivity contribution is 5.85. The number of aliphatic carboxylic acids is 1. The first-order chi connectivity index (χ1) is 13.3. The molecule has 1 saturated carbocycles. The van der Waals surface area contributed by atoms with Crippen molar-refractivity contribution < 1.29 is 14.7 Å². The quantitative estimate of drug-likeness (QED) is 0.768. The van der Waals surface area contributed by atoms with Crippen LogP contribution in [0.5, 0.6) is 0 Å². The van der Waals surface area contributed by atoms with Gasteiger partial charge in [0.25, 0.3) is 5.56 Å². The molecule has 1 saturated heterocycles. The molecule has 2 aromatic heterocycles. The molecule has 1 amide bonds. The van der Waals surface area contributed by atoms with Gasteiger partial charge in [0.15, 0.2) is 11.2 Å². The summed E-state index contributed by atoms with van der Waals surface area (Å²) in [4.78, 5) is 55.1. The molecule has 0 aromatic carbocycles. The van der Waals surface area contributed by atoms with Crippen LogP contribution in [-0.4, -0.2) is 52.7 Å². The minimum absolute atomic E-state index is 0.0654. The Morgan fingerprint density at radius 1 is 1.18 bits per heavy atom. The normalized spacial score (nSPS) is 24.5. The van der Waals surface area contributed by atoms with E-state index in [9.17, 15) is 24.3 Å². The first kappa shape index (κ1) is 18.5. The Morgan fingerprint density at radius 3 is 2.61 bits per heavy atom. The number of fused-ring (bicyclic) bond motifs is 2. The number of aromatic nitrogens is 4. The van der Waals surface area contributed by atoms with Crippen LogP contribution in [0, 0.1) is 5.92 Å². The van der Waals surface area contributed by atoms with Gasteiger partial charge in [-0.1, -0.05) is 12.8 Å². The Hall–Kier alpha value is -2.91. The van der Waals surface area contributed by atoms with Crippen molar-refractivity contribution in [3.05, 3.63) is 27.2 Å². The number of hydrogen-bond acceptors (Lipinski definition) is 5. The summed E-state index contributed by atoms with van der Waals surface area (Å²) in [5, 5.41) is 9.62. The van der Waals surface area contributed by atoms with Crippen LogP contribution in [0.4, 0.5) is 0 Å². The number of imidazole rings is 1. The molecule has 3 atom stereocenters. The van der Waals surface area contributed by atoms with Crippen molar-refractivity contribution in [1.82, 2.24) is 23.6 Å². The highest BCUT2D eigenvalue weighted by atomic mass is 16.4. The lowest BCUT2D eigenvalue weighted by Gasteiger charge is -2.33. The van der Waals surface area contributed by atoms with E-state index in [0.717, 1.165) is 30.3 Å². The van der Waals surface area contributed by atoms with Crippen molar-refractivity contribution >= 4 is 23.0 Å². The molecule has 0 radical (unpaired) electrons. The van der Waals surface area contributed by atoms with E-state index in [1.807, 2.05) is 0 Å². The summed E-state index contributed by atoms with van der Waals surface area (Å²) in [6, 6.07) is -0.896. The second kappa shape index (κ2) is 6.61. The number of carboxylic acids is 1. The summed E-state index contributed by atoms with van der Waals surface area (Å²) in [6.45, 7) is -0.184. The van der Waals surface area contributed by atoms with Crippen LogP contribution < -0.4 is 11.2 Å². The number of carboxylic acid groups (broad SMARTS) is 1. The Morgan fingerprint density at radius 2 is 1.89 bits per heavy atom. The van der Waals surface area contributed by atoms with Gasteiger partial charge in [-0.15, -0.1) is 0 Å². The second-order valence-electron chi connectivity index (χ2n) is 7.75. The number of aryl methyl sites for hydroxylation is 1. The van der Waals surface area contributed by atoms with Crippen LogP contribution in [0.3, 0.4) is 0 Å². The largest absolute Gasteiger partial charge is 0.480 e. The van der Waals surface area contributed by atoms with Crippen LogP contribution in [0.15, 0.2) is 15.9 Å². The molecule has 1 aliphatic carbocycles. The summed E-state index contributed by atoms with van der Waals surface area (Å²) >= 11 is 0. The van der Waals surface area contributed by atoms with Gasteiger partial charge in [-0.2, -0.15) is 0 Å². The zero-order valence-corrected chi connectivity index (χ0v) is 15.9. The fourth-order valence-corrected chi connectivity index (χ4v) is 4.78. The first-order valence-corrected chi connectivity index (χ1v) is 9.46. The van der Waals surface area contributed by atoms with Crippen molar-refractivity contribution in [2.45, 2.75) is 50.7 Å². The monoisotopic (exact) mass is 389 g/mol. The van der Waals surface area contributed by atoms with Gasteiger partial charge in [0.05, 0.1) is 6.33 Å². The summed E-state index contributed by atoms with van der Waals surface area (Å²) in [7, 11) is 2.88. The predicted molar refractivity (Wildman–Crippen MR) is 98.8 cm³/mol. The van der Waals surface area contributed by atoms with E-state index >= 15 is 0 Å². The average Bonchev–Trinajstić information content (AvgIpc) is 3.26. The second-order valence-corrected chi connectivity index (χ2v) is 7.75. The van der Waals surface area contributed by atoms with Crippen molar-refractivity contribution in [2.75, 3.05) is 0 Å². The molecule has 2 aromatic rings. The van der Waals surface area contributed by atoms with Gasteiger partial charge in [0.1, 0.15) is 12.6 Å². The van der Waals surface area contributed by atoms with Crippen molar-refractivity contribution in [3.63, 3.8) is 0 Å². The van der Waals surface area contributed by atoms with Crippen LogP contribution in [0.1, 0.15) is 32.1 Å². The minimum Gasteiger partial charge on any atom is -0.480 e. The summed E-state index contributed by atoms with van der Waals surface area (Å²) in [5.41, 5.74) is -0.670. The molecule has 28 heavy (non-hydrogen) atoms. The van der Waals surface area contributed by atoms with E-state index < -0.39 is 23.3 Å². The molecule has 0 spiro atoms. The molecule has 3 unspecified atom stereocenters. The third kappa shape index (κ3) is 2.66. The molecule has 0 bridgehead atoms. The zero-order chi connectivity index (χ0) is 20.2. The summed E-state index contributed by atoms with van der Waals surface area (Å²) in [5.74, 6) is -1.11. The Balaban J connectivity index is 1.71. The van der Waals surface area contributed by atoms with E-state index in [1.165, 1.54) is 34.5 Å². The number of carbonyl (C=O) groups is 2. The number of rotatable bonds is 3. The molecule has 3 heterocycles. The number of hydrogen-bond donors (Lipinski definition) is 1. The molecule has 1 aliphatic heterocycles. The molecule has 4 rings (SSSR count). The fraction of sp³-hybridized carbons (Fsp3) is 0.611. The molecule has 2 aliphatic rings. The van der Waals surface area contributed by atoms with Gasteiger partial charge in [-0.25, -0.2) is 14.6 Å². The molecule has 10 heteroatoms. The number of carbonyl (C=O) groups excluding carboxylic acids is 1. The van der Waals surface area contributed by atoms with Gasteiger partial charge in [0, 0.05) is 20.1 Å². The van der Waals surface area contributed by atoms with Crippen LogP contribution in [0.25, 0.3) is 11.2 Å². The number of likely N-dealkylation sites (tertiary alicyclic amines) is 1. The van der Waals surface area contributed by atoms with Crippen LogP contribution in [0.2, 0.25) is 0 Å². The SMILES string of the molecule is Cn1c(=O)c2c(ncn2CC(=O)N2C(C(=O)O)CC3CCCCC32)n(C)c1=O. The maximum atomic E-state index is 13.1. The van der Waals surface area contributed by atoms with Crippen LogP contribution >= 0.6 is 0 Å². The molecular formula is C18H23N5O5. The predicted octanol–water partition coefficient (Wildman–Crippen LogP) is -0.322. The third-order valence-electron chi connectivity index (χ3n) is 6.18. The lowest BCUT2D eigenvalue weighted by molar-refractivity contribution is -0.150. The maximum absolute atomic E-state index is 13.1. The highest BCUT2D eigenvalue weighted by Crippen LogP contribution is 2.40. The lowest BCUT2D eigenvalue weighted by atomic mass is 9.85. The standard InChI is InChI=1S/C18H23N5O5/c1-20-15-14(16(25)21(2)18(20)28)22(9-19-15)8-13(24)23-11-6-4-3-5-10(11)7-12(23)17(26)27/h9-12H,3-8H2,1-2H3,(H,26,27). The van der Waals surface area contributed by atoms with Gasteiger partial charge >= 0.3 is 11.7 Å². The van der Waals surface area contributed by atoms with Gasteiger partial charge in [-0.05, 0) is 25.2 Å². The Bertz CT molecular complexity index is 1080. The molecule has 10 nitrogen and oxygen atoms in total. The van der Waals surface area contributed by atoms with E-state index in [4.69, 9.17) is 0 Å². The van der Waals surface area contributed by atoms with Gasteiger partial charge in [-0.3, -0.25) is 18.7 Å². The molecule has 1 N–H and O–H groups in total. The lowest BCUT2D eigenvalue weighted by Crippen LogP contribution is -2.47. The molecular weight excluding hydrogens is 366 g/mol. The van der Waals surface area contributed by atoms with E-state index in [1.54, 1.807) is 0 Å². The van der Waals surface area contributed by atoms with Crippen molar-refractivity contribution in [2.24, 2.45) is 20.0 Å². The fourth-order valence-electron chi connectivity index (χ4n) is 4.78. The maximum Gasteiger partial charge on any atom is 0.332 e. The zero-order valence-electron chi connectivity index (χ0n) is 15.9. The Labute approximate surface area is 160 Å². The number of nitrogens with zero attached hydrogens (tertiary/aromatic N) is 5. The Kier molecular flexibility index (Phi) is 4.35. The third-order valence-corrected chi connectivity index (χ3v) is 6.18. The molecule has 150 valence electrons.